The van der Waals surface area contributed by atoms with Crippen molar-refractivity contribution >= 4 is 21.8 Å². The Morgan fingerprint density at radius 3 is 2.71 bits per heavy atom. The topological polar surface area (TPSA) is 29.5 Å². The normalized spacial score (nSPS) is 29.6. The van der Waals surface area contributed by atoms with Crippen molar-refractivity contribution in [3.05, 3.63) is 34.1 Å². The molecule has 3 nitrogen and oxygen atoms in total. The van der Waals surface area contributed by atoms with Gasteiger partial charge in [-0.3, -0.25) is 4.79 Å². The summed E-state index contributed by atoms with van der Waals surface area (Å²) in [6, 6.07) is 4.97. The number of amides is 1. The van der Waals surface area contributed by atoms with Gasteiger partial charge in [-0.25, -0.2) is 4.39 Å². The van der Waals surface area contributed by atoms with Crippen molar-refractivity contribution in [3.8, 4) is 0 Å². The Morgan fingerprint density at radius 1 is 1.38 bits per heavy atom. The molecule has 1 heterocycles. The van der Waals surface area contributed by atoms with Crippen molar-refractivity contribution in [1.82, 2.24) is 4.90 Å². The summed E-state index contributed by atoms with van der Waals surface area (Å²) in [7, 11) is 1.47. The van der Waals surface area contributed by atoms with E-state index in [9.17, 15) is 9.18 Å². The number of fused-ring (bicyclic) bond motifs is 2. The minimum atomic E-state index is -0.885. The van der Waals surface area contributed by atoms with Gasteiger partial charge in [0.25, 0.3) is 5.91 Å². The first-order chi connectivity index (χ1) is 11.1. The van der Waals surface area contributed by atoms with Crippen LogP contribution in [0.15, 0.2) is 22.7 Å². The average Bonchev–Trinajstić information content (AvgIpc) is 2.70. The van der Waals surface area contributed by atoms with Crippen molar-refractivity contribution in [1.29, 1.82) is 0 Å². The number of methoxy groups -OCH3 is 1. The minimum Gasteiger partial charge on any atom is -0.367 e. The fraction of sp³-hybridized carbons (Fsp3) is 0.632. The van der Waals surface area contributed by atoms with Crippen LogP contribution in [0, 0.1) is 16.6 Å². The summed E-state index contributed by atoms with van der Waals surface area (Å²) in [4.78, 5) is 15.1. The van der Waals surface area contributed by atoms with Gasteiger partial charge in [0.15, 0.2) is 6.10 Å². The molecule has 5 heteroatoms. The summed E-state index contributed by atoms with van der Waals surface area (Å²) in [6.45, 7) is 7.54. The van der Waals surface area contributed by atoms with E-state index in [0.717, 1.165) is 25.8 Å². The molecule has 1 aromatic rings. The fourth-order valence-electron chi connectivity index (χ4n) is 4.94. The summed E-state index contributed by atoms with van der Waals surface area (Å²) >= 11 is 3.25. The molecule has 3 atom stereocenters. The third kappa shape index (κ3) is 3.25. The van der Waals surface area contributed by atoms with Gasteiger partial charge in [-0.05, 0) is 42.2 Å². The van der Waals surface area contributed by atoms with E-state index in [1.54, 1.807) is 12.1 Å². The number of likely N-dealkylation sites (tertiary alicyclic amines) is 1. The van der Waals surface area contributed by atoms with Crippen molar-refractivity contribution in [3.63, 3.8) is 0 Å². The van der Waals surface area contributed by atoms with Gasteiger partial charge in [0.1, 0.15) is 5.82 Å². The minimum absolute atomic E-state index is 0.120. The van der Waals surface area contributed by atoms with Gasteiger partial charge in [0, 0.05) is 29.7 Å². The number of ether oxygens (including phenoxy) is 1. The Labute approximate surface area is 151 Å². The zero-order valence-corrected chi connectivity index (χ0v) is 16.3. The van der Waals surface area contributed by atoms with Gasteiger partial charge < -0.3 is 9.64 Å². The highest BCUT2D eigenvalue weighted by Crippen LogP contribution is 2.53. The lowest BCUT2D eigenvalue weighted by molar-refractivity contribution is -0.143. The number of hydrogen-bond acceptors (Lipinski definition) is 2. The lowest BCUT2D eigenvalue weighted by Gasteiger charge is -2.39. The zero-order valence-electron chi connectivity index (χ0n) is 14.7. The highest BCUT2D eigenvalue weighted by molar-refractivity contribution is 9.10. The smallest absolute Gasteiger partial charge is 0.256 e. The molecule has 24 heavy (non-hydrogen) atoms. The summed E-state index contributed by atoms with van der Waals surface area (Å²) in [6.07, 6.45) is 2.25. The van der Waals surface area contributed by atoms with Gasteiger partial charge in [0.2, 0.25) is 0 Å². The Hall–Kier alpha value is -0.940. The van der Waals surface area contributed by atoms with Crippen LogP contribution in [0.3, 0.4) is 0 Å². The molecule has 2 bridgehead atoms. The molecule has 2 aliphatic rings. The maximum absolute atomic E-state index is 14.3. The standard InChI is InChI=1S/C19H25BrFNO2/c1-18(2)8-13-9-19(3,10-18)11-22(13)17(23)16(24-4)14-6-5-12(20)7-15(14)21/h5-7,13,16H,8-11H2,1-4H3. The third-order valence-electron chi connectivity index (χ3n) is 5.40. The fourth-order valence-corrected chi connectivity index (χ4v) is 5.28. The van der Waals surface area contributed by atoms with E-state index >= 15 is 0 Å². The Kier molecular flexibility index (Phi) is 4.54. The molecule has 3 rings (SSSR count). The molecule has 1 saturated carbocycles. The van der Waals surface area contributed by atoms with E-state index in [0.29, 0.717) is 10.0 Å². The number of halogens is 2. The molecule has 3 unspecified atom stereocenters. The maximum Gasteiger partial charge on any atom is 0.256 e. The van der Waals surface area contributed by atoms with E-state index in [4.69, 9.17) is 4.74 Å². The predicted molar refractivity (Wildman–Crippen MR) is 95.1 cm³/mol. The number of carbonyl (C=O) groups is 1. The largest absolute Gasteiger partial charge is 0.367 e. The van der Waals surface area contributed by atoms with E-state index in [1.165, 1.54) is 13.2 Å². The van der Waals surface area contributed by atoms with Crippen LogP contribution in [0.2, 0.25) is 0 Å². The van der Waals surface area contributed by atoms with Crippen molar-refractivity contribution < 1.29 is 13.9 Å². The first-order valence-corrected chi connectivity index (χ1v) is 9.22. The molecule has 1 amide bonds. The molecule has 0 aromatic heterocycles. The SMILES string of the molecule is COC(C(=O)N1CC2(C)CC1CC(C)(C)C2)c1ccc(Br)cc1F. The molecule has 0 spiro atoms. The molecular weight excluding hydrogens is 373 g/mol. The third-order valence-corrected chi connectivity index (χ3v) is 5.90. The lowest BCUT2D eigenvalue weighted by atomic mass is 9.65. The second-order valence-electron chi connectivity index (χ2n) is 8.46. The highest BCUT2D eigenvalue weighted by Gasteiger charge is 2.52. The van der Waals surface area contributed by atoms with Gasteiger partial charge in [-0.2, -0.15) is 0 Å². The number of nitrogens with zero attached hydrogens (tertiary/aromatic N) is 1. The van der Waals surface area contributed by atoms with Crippen LogP contribution in [0.5, 0.6) is 0 Å². The number of rotatable bonds is 3. The lowest BCUT2D eigenvalue weighted by Crippen LogP contribution is -2.40. The van der Waals surface area contributed by atoms with E-state index in [2.05, 4.69) is 36.7 Å². The van der Waals surface area contributed by atoms with Crippen molar-refractivity contribution in [2.45, 2.75) is 52.2 Å². The molecular formula is C19H25BrFNO2. The maximum atomic E-state index is 14.3. The molecule has 132 valence electrons. The number of carbonyl (C=O) groups excluding carboxylic acids is 1. The second kappa shape index (κ2) is 6.10. The average molecular weight is 398 g/mol. The quantitative estimate of drug-likeness (QED) is 0.739. The van der Waals surface area contributed by atoms with Crippen LogP contribution < -0.4 is 0 Å². The van der Waals surface area contributed by atoms with Gasteiger partial charge in [-0.15, -0.1) is 0 Å². The van der Waals surface area contributed by atoms with Crippen LogP contribution in [0.4, 0.5) is 4.39 Å². The monoisotopic (exact) mass is 397 g/mol. The molecule has 0 N–H and O–H groups in total. The van der Waals surface area contributed by atoms with Crippen LogP contribution in [0.25, 0.3) is 0 Å². The summed E-state index contributed by atoms with van der Waals surface area (Å²) in [5.41, 5.74) is 0.688. The van der Waals surface area contributed by atoms with Crippen LogP contribution in [0.1, 0.15) is 51.7 Å². The molecule has 1 aliphatic carbocycles. The van der Waals surface area contributed by atoms with Crippen molar-refractivity contribution in [2.75, 3.05) is 13.7 Å². The second-order valence-corrected chi connectivity index (χ2v) is 9.38. The molecule has 1 aliphatic heterocycles. The van der Waals surface area contributed by atoms with Gasteiger partial charge >= 0.3 is 0 Å². The first-order valence-electron chi connectivity index (χ1n) is 8.42. The van der Waals surface area contributed by atoms with Crippen LogP contribution in [-0.2, 0) is 9.53 Å². The highest BCUT2D eigenvalue weighted by atomic mass is 79.9. The number of benzene rings is 1. The Balaban J connectivity index is 1.87. The summed E-state index contributed by atoms with van der Waals surface area (Å²) in [5, 5.41) is 0. The Morgan fingerprint density at radius 2 is 2.08 bits per heavy atom. The van der Waals surface area contributed by atoms with Crippen LogP contribution in [-0.4, -0.2) is 30.5 Å². The van der Waals surface area contributed by atoms with Gasteiger partial charge in [-0.1, -0.05) is 42.8 Å². The number of hydrogen-bond donors (Lipinski definition) is 0. The molecule has 1 saturated heterocycles. The van der Waals surface area contributed by atoms with Crippen LogP contribution >= 0.6 is 15.9 Å². The predicted octanol–water partition coefficient (Wildman–Crippen LogP) is 4.70. The molecule has 2 fully saturated rings. The molecule has 1 aromatic carbocycles. The zero-order chi connectivity index (χ0) is 17.7. The Bertz CT molecular complexity index is 663. The van der Waals surface area contributed by atoms with Gasteiger partial charge in [0.05, 0.1) is 0 Å². The van der Waals surface area contributed by atoms with E-state index in [-0.39, 0.29) is 22.8 Å². The molecule has 0 radical (unpaired) electrons. The first kappa shape index (κ1) is 17.9. The summed E-state index contributed by atoms with van der Waals surface area (Å²) < 4.78 is 20.4. The van der Waals surface area contributed by atoms with E-state index in [1.807, 2.05) is 4.90 Å². The van der Waals surface area contributed by atoms with E-state index < -0.39 is 11.9 Å². The van der Waals surface area contributed by atoms with Crippen molar-refractivity contribution in [2.24, 2.45) is 10.8 Å². The summed E-state index contributed by atoms with van der Waals surface area (Å²) in [5.74, 6) is -0.538.